The lowest BCUT2D eigenvalue weighted by atomic mass is 9.89. The highest BCUT2D eigenvalue weighted by molar-refractivity contribution is 7.92. The third kappa shape index (κ3) is 7.54. The Morgan fingerprint density at radius 2 is 1.87 bits per heavy atom. The Kier molecular flexibility index (Phi) is 9.64. The molecule has 2 aromatic rings. The molecule has 13 heteroatoms. The van der Waals surface area contributed by atoms with E-state index in [-0.39, 0.29) is 23.7 Å². The number of aryl methyl sites for hydroxylation is 2. The maximum absolute atomic E-state index is 13.0. The Morgan fingerprint density at radius 3 is 2.51 bits per heavy atom. The summed E-state index contributed by atoms with van der Waals surface area (Å²) in [7, 11) is 0. The molecule has 2 fully saturated rings. The fourth-order valence-electron chi connectivity index (χ4n) is 6.11. The molecular weight excluding hydrogens is 607 g/mol. The molecular formula is C32H39F3N5O4S+. The summed E-state index contributed by atoms with van der Waals surface area (Å²) >= 11 is -1.21. The number of piperidine rings is 1. The number of anilines is 1. The lowest BCUT2D eigenvalue weighted by Crippen LogP contribution is -2.50. The zero-order valence-electron chi connectivity index (χ0n) is 25.8. The van der Waals surface area contributed by atoms with Crippen molar-refractivity contribution >= 4 is 40.8 Å². The molecule has 3 heterocycles. The normalized spacial score (nSPS) is 21.2. The minimum atomic E-state index is -4.83. The number of nitrogens with one attached hydrogen (secondary N) is 2. The van der Waals surface area contributed by atoms with Crippen molar-refractivity contribution in [2.45, 2.75) is 77.4 Å². The van der Waals surface area contributed by atoms with Crippen molar-refractivity contribution in [3.8, 4) is 5.75 Å². The summed E-state index contributed by atoms with van der Waals surface area (Å²) in [6, 6.07) is 9.86. The highest BCUT2D eigenvalue weighted by Gasteiger charge is 2.48. The molecule has 9 nitrogen and oxygen atoms in total. The maximum Gasteiger partial charge on any atom is 0.573 e. The smallest absolute Gasteiger partial charge is 0.406 e. The molecule has 2 amide bonds. The summed E-state index contributed by atoms with van der Waals surface area (Å²) in [5.41, 5.74) is 3.14. The van der Waals surface area contributed by atoms with Crippen molar-refractivity contribution in [3.63, 3.8) is 0 Å². The van der Waals surface area contributed by atoms with Crippen LogP contribution in [0.25, 0.3) is 6.08 Å². The SMILES string of the molecule is Cc1cc(N2C(=O)CC[C@@H]2CNC(C)C)cc(C)c1/C=C/[S+](O)N1CCC2(CC1)N=C(c1cccc(OC(F)(F)F)c1)NC2=O. The molecule has 2 atom stereocenters. The van der Waals surface area contributed by atoms with Crippen LogP contribution in [0.1, 0.15) is 61.8 Å². The zero-order chi connectivity index (χ0) is 32.5. The van der Waals surface area contributed by atoms with Gasteiger partial charge in [0.1, 0.15) is 17.1 Å². The first-order chi connectivity index (χ1) is 21.2. The number of amides is 2. The summed E-state index contributed by atoms with van der Waals surface area (Å²) in [5.74, 6) is -0.366. The largest absolute Gasteiger partial charge is 0.573 e. The third-order valence-corrected chi connectivity index (χ3v) is 9.71. The molecule has 0 aromatic heterocycles. The summed E-state index contributed by atoms with van der Waals surface area (Å²) in [4.78, 5) is 32.3. The van der Waals surface area contributed by atoms with Crippen molar-refractivity contribution in [1.29, 1.82) is 0 Å². The second-order valence-corrected chi connectivity index (χ2v) is 13.4. The van der Waals surface area contributed by atoms with Crippen molar-refractivity contribution in [3.05, 3.63) is 64.1 Å². The van der Waals surface area contributed by atoms with Crippen LogP contribution in [0.3, 0.4) is 0 Å². The molecule has 2 aromatic carbocycles. The molecule has 45 heavy (non-hydrogen) atoms. The van der Waals surface area contributed by atoms with Gasteiger partial charge in [-0.3, -0.25) is 14.6 Å². The van der Waals surface area contributed by atoms with Gasteiger partial charge in [-0.1, -0.05) is 30.3 Å². The Balaban J connectivity index is 1.23. The number of nitrogens with zero attached hydrogens (tertiary/aromatic N) is 3. The van der Waals surface area contributed by atoms with Crippen LogP contribution in [0.15, 0.2) is 46.8 Å². The van der Waals surface area contributed by atoms with Gasteiger partial charge in [0.2, 0.25) is 5.91 Å². The van der Waals surface area contributed by atoms with Crippen molar-refractivity contribution in [1.82, 2.24) is 14.9 Å². The number of carbonyl (C=O) groups excluding carboxylic acids is 2. The van der Waals surface area contributed by atoms with Crippen molar-refractivity contribution in [2.24, 2.45) is 4.99 Å². The van der Waals surface area contributed by atoms with E-state index in [1.54, 1.807) is 11.5 Å². The van der Waals surface area contributed by atoms with E-state index < -0.39 is 29.0 Å². The molecule has 1 spiro atoms. The van der Waals surface area contributed by atoms with Crippen LogP contribution in [-0.2, 0) is 21.0 Å². The van der Waals surface area contributed by atoms with Gasteiger partial charge in [0, 0.05) is 36.3 Å². The Bertz CT molecular complexity index is 1480. The van der Waals surface area contributed by atoms with Gasteiger partial charge in [0.15, 0.2) is 5.41 Å². The van der Waals surface area contributed by atoms with E-state index in [0.717, 1.165) is 35.3 Å². The number of benzene rings is 2. The standard InChI is InChI=1S/C32H38F3N5O4S/c1-20(2)36-19-24-8-9-28(41)40(24)25-16-21(3)27(22(4)17-25)10-15-45(43)39-13-11-31(12-14-39)30(42)37-29(38-31)23-6-5-7-26(18-23)44-32(33,34)35/h5-7,10,15-18,20,24,36,43H,8-9,11-14,19H2,1-4H3/p+1/b15-10+/t24-,45?/m1/s1. The van der Waals surface area contributed by atoms with Crippen molar-refractivity contribution in [2.75, 3.05) is 24.5 Å². The number of ether oxygens (including phenoxy) is 1. The summed E-state index contributed by atoms with van der Waals surface area (Å²) in [5, 5.41) is 7.91. The van der Waals surface area contributed by atoms with E-state index in [1.165, 1.54) is 18.2 Å². The zero-order valence-corrected chi connectivity index (χ0v) is 26.6. The number of alkyl halides is 3. The number of aliphatic imine (C=N–C) groups is 1. The highest BCUT2D eigenvalue weighted by Crippen LogP contribution is 2.34. The molecule has 242 valence electrons. The van der Waals surface area contributed by atoms with E-state index in [0.29, 0.717) is 44.0 Å². The minimum Gasteiger partial charge on any atom is -0.406 e. The first-order valence-electron chi connectivity index (χ1n) is 15.0. The summed E-state index contributed by atoms with van der Waals surface area (Å²) in [6.07, 6.45) is -0.869. The monoisotopic (exact) mass is 646 g/mol. The fraction of sp³-hybridized carbons (Fsp3) is 0.469. The molecule has 0 radical (unpaired) electrons. The first-order valence-corrected chi connectivity index (χ1v) is 16.2. The van der Waals surface area contributed by atoms with Crippen LogP contribution in [0.5, 0.6) is 5.75 Å². The van der Waals surface area contributed by atoms with E-state index in [1.807, 2.05) is 41.3 Å². The average molecular weight is 647 g/mol. The Morgan fingerprint density at radius 1 is 1.18 bits per heavy atom. The summed E-state index contributed by atoms with van der Waals surface area (Å²) in [6.45, 7) is 9.73. The van der Waals surface area contributed by atoms with Gasteiger partial charge in [-0.2, -0.15) is 4.55 Å². The van der Waals surface area contributed by atoms with E-state index >= 15 is 0 Å². The number of hydrogen-bond donors (Lipinski definition) is 3. The average Bonchev–Trinajstić information content (AvgIpc) is 3.49. The quantitative estimate of drug-likeness (QED) is 0.328. The van der Waals surface area contributed by atoms with Crippen LogP contribution in [0.4, 0.5) is 18.9 Å². The van der Waals surface area contributed by atoms with Crippen LogP contribution in [0, 0.1) is 13.8 Å². The minimum absolute atomic E-state index is 0.113. The second kappa shape index (κ2) is 13.1. The van der Waals surface area contributed by atoms with Gasteiger partial charge in [-0.25, -0.2) is 0 Å². The predicted octanol–water partition coefficient (Wildman–Crippen LogP) is 5.08. The number of amidine groups is 1. The second-order valence-electron chi connectivity index (χ2n) is 12.1. The molecule has 0 aliphatic carbocycles. The van der Waals surface area contributed by atoms with E-state index in [2.05, 4.69) is 34.2 Å². The lowest BCUT2D eigenvalue weighted by Gasteiger charge is -2.31. The van der Waals surface area contributed by atoms with Crippen LogP contribution < -0.4 is 20.3 Å². The van der Waals surface area contributed by atoms with Gasteiger partial charge in [-0.15, -0.1) is 13.2 Å². The maximum atomic E-state index is 13.0. The van der Waals surface area contributed by atoms with Crippen molar-refractivity contribution < 1.29 is 32.0 Å². The molecule has 0 saturated carbocycles. The van der Waals surface area contributed by atoms with Gasteiger partial charge in [0.25, 0.3) is 17.3 Å². The Hall–Kier alpha value is -3.39. The fourth-order valence-corrected chi connectivity index (χ4v) is 7.09. The van der Waals surface area contributed by atoms with Gasteiger partial charge in [0.05, 0.1) is 13.1 Å². The number of halogens is 3. The lowest BCUT2D eigenvalue weighted by molar-refractivity contribution is -0.274. The van der Waals surface area contributed by atoms with Gasteiger partial charge >= 0.3 is 6.36 Å². The predicted molar refractivity (Wildman–Crippen MR) is 170 cm³/mol. The molecule has 3 N–H and O–H groups in total. The third-order valence-electron chi connectivity index (χ3n) is 8.44. The van der Waals surface area contributed by atoms with E-state index in [9.17, 15) is 27.3 Å². The van der Waals surface area contributed by atoms with Gasteiger partial charge < -0.3 is 20.3 Å². The Labute approximate surface area is 264 Å². The topological polar surface area (TPSA) is 107 Å². The highest BCUT2D eigenvalue weighted by atomic mass is 32.2. The molecule has 5 rings (SSSR count). The number of carbonyl (C=O) groups is 2. The van der Waals surface area contributed by atoms with E-state index in [4.69, 9.17) is 0 Å². The van der Waals surface area contributed by atoms with Crippen LogP contribution in [-0.4, -0.2) is 70.1 Å². The van der Waals surface area contributed by atoms with Crippen LogP contribution >= 0.6 is 0 Å². The van der Waals surface area contributed by atoms with Gasteiger partial charge in [-0.05, 0) is 80.1 Å². The summed E-state index contributed by atoms with van der Waals surface area (Å²) < 4.78 is 54.9. The van der Waals surface area contributed by atoms with Crippen LogP contribution in [0.2, 0.25) is 0 Å². The molecule has 1 unspecified atom stereocenters. The molecule has 0 bridgehead atoms. The molecule has 3 aliphatic heterocycles. The number of rotatable bonds is 9. The molecule has 3 aliphatic rings. The first kappa shape index (κ1) is 33.0. The number of hydrogen-bond acceptors (Lipinski definition) is 7. The molecule has 2 saturated heterocycles.